The van der Waals surface area contributed by atoms with E-state index in [1.54, 1.807) is 28.4 Å². The fraction of sp³-hybridized carbons (Fsp3) is 0.350. The van der Waals surface area contributed by atoms with Crippen LogP contribution in [0, 0.1) is 0 Å². The highest BCUT2D eigenvalue weighted by Gasteiger charge is 2.23. The Bertz CT molecular complexity index is 814. The molecule has 0 radical (unpaired) electrons. The predicted octanol–water partition coefficient (Wildman–Crippen LogP) is 3.83. The number of benzene rings is 2. The molecule has 0 saturated carbocycles. The van der Waals surface area contributed by atoms with Crippen LogP contribution in [0.4, 0.5) is 0 Å². The van der Waals surface area contributed by atoms with Crippen molar-refractivity contribution in [1.82, 2.24) is 0 Å². The smallest absolute Gasteiger partial charge is 0.161 e. The van der Waals surface area contributed by atoms with Gasteiger partial charge in [-0.3, -0.25) is 4.99 Å². The van der Waals surface area contributed by atoms with Crippen LogP contribution in [0.15, 0.2) is 35.3 Å². The molecule has 25 heavy (non-hydrogen) atoms. The maximum Gasteiger partial charge on any atom is 0.161 e. The molecule has 0 saturated heterocycles. The molecule has 0 aromatic heterocycles. The van der Waals surface area contributed by atoms with Crippen molar-refractivity contribution in [2.75, 3.05) is 28.4 Å². The summed E-state index contributed by atoms with van der Waals surface area (Å²) in [5, 5.41) is 0. The van der Waals surface area contributed by atoms with Crippen LogP contribution in [-0.4, -0.2) is 34.2 Å². The van der Waals surface area contributed by atoms with Crippen LogP contribution in [-0.2, 0) is 6.42 Å². The Morgan fingerprint density at radius 2 is 1.40 bits per heavy atom. The quantitative estimate of drug-likeness (QED) is 0.829. The second kappa shape index (κ2) is 7.05. The van der Waals surface area contributed by atoms with Gasteiger partial charge in [0.05, 0.1) is 34.5 Å². The van der Waals surface area contributed by atoms with Crippen LogP contribution < -0.4 is 18.9 Å². The molecular formula is C20H23NO4. The first-order chi connectivity index (χ1) is 12.1. The van der Waals surface area contributed by atoms with Gasteiger partial charge in [0.15, 0.2) is 23.0 Å². The lowest BCUT2D eigenvalue weighted by Gasteiger charge is -2.24. The molecule has 2 aromatic rings. The molecule has 1 aliphatic heterocycles. The van der Waals surface area contributed by atoms with E-state index in [0.29, 0.717) is 5.75 Å². The molecule has 0 spiro atoms. The van der Waals surface area contributed by atoms with E-state index in [0.717, 1.165) is 40.5 Å². The van der Waals surface area contributed by atoms with Gasteiger partial charge in [0.1, 0.15) is 0 Å². The zero-order chi connectivity index (χ0) is 18.0. The predicted molar refractivity (Wildman–Crippen MR) is 97.7 cm³/mol. The third-order valence-electron chi connectivity index (χ3n) is 4.55. The maximum atomic E-state index is 5.44. The summed E-state index contributed by atoms with van der Waals surface area (Å²) < 4.78 is 21.6. The average molecular weight is 341 g/mol. The van der Waals surface area contributed by atoms with Crippen LogP contribution in [0.1, 0.15) is 29.7 Å². The van der Waals surface area contributed by atoms with Gasteiger partial charge in [-0.25, -0.2) is 0 Å². The molecule has 0 fully saturated rings. The van der Waals surface area contributed by atoms with Crippen molar-refractivity contribution >= 4 is 5.71 Å². The van der Waals surface area contributed by atoms with E-state index in [1.165, 1.54) is 5.56 Å². The SMILES string of the molecule is COc1ccc(C2Cc3cc(OC)c(OC)cc3C(C)=N2)cc1OC. The van der Waals surface area contributed by atoms with Crippen LogP contribution in [0.25, 0.3) is 0 Å². The number of ether oxygens (including phenoxy) is 4. The number of hydrogen-bond donors (Lipinski definition) is 0. The Morgan fingerprint density at radius 3 is 2.04 bits per heavy atom. The first-order valence-corrected chi connectivity index (χ1v) is 8.12. The molecule has 0 aliphatic carbocycles. The Morgan fingerprint density at radius 1 is 0.800 bits per heavy atom. The molecule has 0 amide bonds. The first-order valence-electron chi connectivity index (χ1n) is 8.12. The van der Waals surface area contributed by atoms with E-state index >= 15 is 0 Å². The molecule has 132 valence electrons. The second-order valence-electron chi connectivity index (χ2n) is 5.91. The summed E-state index contributed by atoms with van der Waals surface area (Å²) in [7, 11) is 6.58. The molecule has 0 bridgehead atoms. The first kappa shape index (κ1) is 17.1. The van der Waals surface area contributed by atoms with Crippen molar-refractivity contribution in [3.63, 3.8) is 0 Å². The van der Waals surface area contributed by atoms with Crippen LogP contribution >= 0.6 is 0 Å². The normalized spacial score (nSPS) is 15.9. The number of hydrogen-bond acceptors (Lipinski definition) is 5. The molecule has 2 aromatic carbocycles. The number of nitrogens with zero attached hydrogens (tertiary/aromatic N) is 1. The zero-order valence-electron chi connectivity index (χ0n) is 15.3. The van der Waals surface area contributed by atoms with E-state index in [2.05, 4.69) is 0 Å². The second-order valence-corrected chi connectivity index (χ2v) is 5.91. The van der Waals surface area contributed by atoms with Gasteiger partial charge < -0.3 is 18.9 Å². The number of rotatable bonds is 5. The topological polar surface area (TPSA) is 49.3 Å². The van der Waals surface area contributed by atoms with Gasteiger partial charge in [-0.05, 0) is 48.7 Å². The summed E-state index contributed by atoms with van der Waals surface area (Å²) in [6.45, 7) is 2.03. The van der Waals surface area contributed by atoms with Gasteiger partial charge in [0.25, 0.3) is 0 Å². The molecule has 3 rings (SSSR count). The van der Waals surface area contributed by atoms with Gasteiger partial charge in [0.2, 0.25) is 0 Å². The molecule has 1 atom stereocenters. The molecule has 5 heteroatoms. The Kier molecular flexibility index (Phi) is 4.83. The summed E-state index contributed by atoms with van der Waals surface area (Å²) in [5.41, 5.74) is 4.39. The minimum atomic E-state index is 0.0328. The number of fused-ring (bicyclic) bond motifs is 1. The van der Waals surface area contributed by atoms with E-state index in [9.17, 15) is 0 Å². The highest BCUT2D eigenvalue weighted by Crippen LogP contribution is 2.38. The summed E-state index contributed by atoms with van der Waals surface area (Å²) in [6.07, 6.45) is 0.794. The van der Waals surface area contributed by atoms with Crippen molar-refractivity contribution in [2.24, 2.45) is 4.99 Å². The number of aliphatic imine (C=N–C) groups is 1. The molecule has 1 unspecified atom stereocenters. The lowest BCUT2D eigenvalue weighted by atomic mass is 9.90. The van der Waals surface area contributed by atoms with E-state index < -0.39 is 0 Å². The third-order valence-corrected chi connectivity index (χ3v) is 4.55. The van der Waals surface area contributed by atoms with Gasteiger partial charge in [-0.15, -0.1) is 0 Å². The summed E-state index contributed by atoms with van der Waals surface area (Å²) in [5.74, 6) is 2.89. The van der Waals surface area contributed by atoms with E-state index in [1.807, 2.05) is 37.3 Å². The van der Waals surface area contributed by atoms with E-state index in [-0.39, 0.29) is 6.04 Å². The standard InChI is InChI=1S/C20H23NO4/c1-12-15-11-20(25-5)19(24-4)10-14(15)8-16(21-12)13-6-7-17(22-2)18(9-13)23-3/h6-7,9-11,16H,8H2,1-5H3. The summed E-state index contributed by atoms with van der Waals surface area (Å²) in [4.78, 5) is 4.88. The Labute approximate surface area is 148 Å². The Balaban J connectivity index is 2.00. The van der Waals surface area contributed by atoms with Crippen molar-refractivity contribution in [3.8, 4) is 23.0 Å². The van der Waals surface area contributed by atoms with Gasteiger partial charge in [-0.1, -0.05) is 6.07 Å². The lowest BCUT2D eigenvalue weighted by Crippen LogP contribution is -2.14. The molecular weight excluding hydrogens is 318 g/mol. The lowest BCUT2D eigenvalue weighted by molar-refractivity contribution is 0.353. The van der Waals surface area contributed by atoms with Crippen molar-refractivity contribution < 1.29 is 18.9 Å². The van der Waals surface area contributed by atoms with Gasteiger partial charge >= 0.3 is 0 Å². The molecule has 1 heterocycles. The van der Waals surface area contributed by atoms with Gasteiger partial charge in [-0.2, -0.15) is 0 Å². The van der Waals surface area contributed by atoms with Crippen LogP contribution in [0.5, 0.6) is 23.0 Å². The monoisotopic (exact) mass is 341 g/mol. The van der Waals surface area contributed by atoms with E-state index in [4.69, 9.17) is 23.9 Å². The maximum absolute atomic E-state index is 5.44. The number of methoxy groups -OCH3 is 4. The zero-order valence-corrected chi connectivity index (χ0v) is 15.3. The summed E-state index contributed by atoms with van der Waals surface area (Å²) in [6, 6.07) is 10.0. The van der Waals surface area contributed by atoms with Crippen LogP contribution in [0.3, 0.4) is 0 Å². The van der Waals surface area contributed by atoms with Crippen LogP contribution in [0.2, 0.25) is 0 Å². The highest BCUT2D eigenvalue weighted by molar-refractivity contribution is 6.01. The van der Waals surface area contributed by atoms with Crippen molar-refractivity contribution in [3.05, 3.63) is 47.0 Å². The third kappa shape index (κ3) is 3.14. The molecule has 1 aliphatic rings. The Hall–Kier alpha value is -2.69. The van der Waals surface area contributed by atoms with Crippen molar-refractivity contribution in [1.29, 1.82) is 0 Å². The minimum Gasteiger partial charge on any atom is -0.493 e. The van der Waals surface area contributed by atoms with Crippen molar-refractivity contribution in [2.45, 2.75) is 19.4 Å². The molecule has 5 nitrogen and oxygen atoms in total. The van der Waals surface area contributed by atoms with Gasteiger partial charge in [0, 0.05) is 11.3 Å². The minimum absolute atomic E-state index is 0.0328. The average Bonchev–Trinajstić information content (AvgIpc) is 2.66. The fourth-order valence-electron chi connectivity index (χ4n) is 3.24. The highest BCUT2D eigenvalue weighted by atomic mass is 16.5. The fourth-order valence-corrected chi connectivity index (χ4v) is 3.24. The molecule has 0 N–H and O–H groups in total. The summed E-state index contributed by atoms with van der Waals surface area (Å²) >= 11 is 0. The largest absolute Gasteiger partial charge is 0.493 e.